The maximum Gasteiger partial charge on any atom is 0.305 e. The second kappa shape index (κ2) is 2.58. The van der Waals surface area contributed by atoms with Gasteiger partial charge in [-0.15, -0.1) is 0 Å². The molecule has 1 N–H and O–H groups in total. The molecule has 0 atom stereocenters. The minimum Gasteiger partial charge on any atom is -0.426 e. The maximum atomic E-state index is 9.85. The highest BCUT2D eigenvalue weighted by Gasteiger charge is 1.97. The highest BCUT2D eigenvalue weighted by Crippen LogP contribution is 1.91. The predicted octanol–water partition coefficient (Wildman–Crippen LogP) is 0.431. The van der Waals surface area contributed by atoms with Crippen LogP contribution in [0.25, 0.3) is 0 Å². The lowest BCUT2D eigenvalue weighted by Gasteiger charge is -1.98. The SMILES string of the molecule is C[C](O)OC(C)=O. The van der Waals surface area contributed by atoms with E-state index in [1.165, 1.54) is 13.8 Å². The molecule has 0 bridgehead atoms. The van der Waals surface area contributed by atoms with E-state index in [-0.39, 0.29) is 6.29 Å². The summed E-state index contributed by atoms with van der Waals surface area (Å²) in [4.78, 5) is 9.85. The van der Waals surface area contributed by atoms with Gasteiger partial charge in [0.25, 0.3) is 6.29 Å². The first-order chi connectivity index (χ1) is 3.13. The Morgan fingerprint density at radius 2 is 2.00 bits per heavy atom. The molecule has 3 nitrogen and oxygen atoms in total. The van der Waals surface area contributed by atoms with Crippen molar-refractivity contribution in [2.75, 3.05) is 0 Å². The maximum absolute atomic E-state index is 9.85. The molecule has 0 rings (SSSR count). The highest BCUT2D eigenvalue weighted by atomic mass is 16.6. The van der Waals surface area contributed by atoms with Gasteiger partial charge in [-0.3, -0.25) is 4.79 Å². The third-order valence-electron chi connectivity index (χ3n) is 0.291. The number of esters is 1. The van der Waals surface area contributed by atoms with E-state index in [1.807, 2.05) is 0 Å². The summed E-state index contributed by atoms with van der Waals surface area (Å²) >= 11 is 0. The molecular weight excluding hydrogens is 96.0 g/mol. The molecule has 0 aliphatic rings. The molecule has 0 aromatic carbocycles. The molecule has 0 aromatic rings. The van der Waals surface area contributed by atoms with Gasteiger partial charge in [-0.05, 0) is 0 Å². The van der Waals surface area contributed by atoms with Crippen molar-refractivity contribution in [1.82, 2.24) is 0 Å². The van der Waals surface area contributed by atoms with E-state index in [1.54, 1.807) is 0 Å². The van der Waals surface area contributed by atoms with Crippen molar-refractivity contribution in [3.05, 3.63) is 6.29 Å². The number of ether oxygens (including phenoxy) is 1. The first-order valence-corrected chi connectivity index (χ1v) is 1.84. The summed E-state index contributed by atoms with van der Waals surface area (Å²) in [5, 5.41) is 8.20. The van der Waals surface area contributed by atoms with Crippen LogP contribution in [0.1, 0.15) is 13.8 Å². The molecule has 0 aromatic heterocycles. The van der Waals surface area contributed by atoms with Crippen molar-refractivity contribution < 1.29 is 14.6 Å². The molecule has 0 spiro atoms. The van der Waals surface area contributed by atoms with E-state index in [4.69, 9.17) is 5.11 Å². The standard InChI is InChI=1S/C4H7O3/c1-3(5)7-4(2)6/h5H,1-2H3. The van der Waals surface area contributed by atoms with Crippen LogP contribution in [0.5, 0.6) is 0 Å². The summed E-state index contributed by atoms with van der Waals surface area (Å²) in [5.74, 6) is -0.500. The molecule has 0 fully saturated rings. The van der Waals surface area contributed by atoms with Crippen molar-refractivity contribution in [2.45, 2.75) is 13.8 Å². The van der Waals surface area contributed by atoms with Gasteiger partial charge in [-0.2, -0.15) is 0 Å². The second-order valence-corrected chi connectivity index (χ2v) is 1.11. The fourth-order valence-corrected chi connectivity index (χ4v) is 0.208. The molecule has 0 heterocycles. The zero-order valence-electron chi connectivity index (χ0n) is 4.26. The summed E-state index contributed by atoms with van der Waals surface area (Å²) in [7, 11) is 0. The number of aliphatic hydroxyl groups is 1. The lowest BCUT2D eigenvalue weighted by molar-refractivity contribution is -0.146. The fourth-order valence-electron chi connectivity index (χ4n) is 0.208. The van der Waals surface area contributed by atoms with Crippen LogP contribution in [0.3, 0.4) is 0 Å². The molecule has 0 unspecified atom stereocenters. The summed E-state index contributed by atoms with van der Waals surface area (Å²) in [6.07, 6.45) is -0.312. The molecule has 0 amide bonds. The Morgan fingerprint density at radius 3 is 2.00 bits per heavy atom. The molecular formula is C4H7O3. The first-order valence-electron chi connectivity index (χ1n) is 1.84. The normalized spacial score (nSPS) is 9.14. The number of aliphatic hydroxyl groups excluding tert-OH is 1. The number of carbonyl (C=O) groups is 1. The van der Waals surface area contributed by atoms with Gasteiger partial charge in [0.05, 0.1) is 0 Å². The Hall–Kier alpha value is -0.570. The average Bonchev–Trinajstić information content (AvgIpc) is 1.27. The van der Waals surface area contributed by atoms with Gasteiger partial charge in [0.15, 0.2) is 0 Å². The van der Waals surface area contributed by atoms with Gasteiger partial charge in [-0.1, -0.05) is 0 Å². The van der Waals surface area contributed by atoms with Crippen LogP contribution in [0.2, 0.25) is 0 Å². The minimum absolute atomic E-state index is 0.312. The van der Waals surface area contributed by atoms with Gasteiger partial charge in [0.2, 0.25) is 0 Å². The lowest BCUT2D eigenvalue weighted by Crippen LogP contribution is -2.01. The van der Waals surface area contributed by atoms with Crippen molar-refractivity contribution in [2.24, 2.45) is 0 Å². The smallest absolute Gasteiger partial charge is 0.305 e. The van der Waals surface area contributed by atoms with Crippen LogP contribution in [0, 0.1) is 6.29 Å². The van der Waals surface area contributed by atoms with Gasteiger partial charge in [-0.25, -0.2) is 0 Å². The van der Waals surface area contributed by atoms with E-state index in [2.05, 4.69) is 4.74 Å². The van der Waals surface area contributed by atoms with Gasteiger partial charge in [0.1, 0.15) is 0 Å². The zero-order chi connectivity index (χ0) is 5.86. The zero-order valence-corrected chi connectivity index (χ0v) is 4.26. The highest BCUT2D eigenvalue weighted by molar-refractivity contribution is 5.66. The Kier molecular flexibility index (Phi) is 2.37. The van der Waals surface area contributed by atoms with E-state index in [0.717, 1.165) is 0 Å². The van der Waals surface area contributed by atoms with Crippen LogP contribution in [-0.4, -0.2) is 11.1 Å². The summed E-state index contributed by atoms with van der Waals surface area (Å²) in [6.45, 7) is 2.52. The summed E-state index contributed by atoms with van der Waals surface area (Å²) in [6, 6.07) is 0. The summed E-state index contributed by atoms with van der Waals surface area (Å²) in [5.41, 5.74) is 0. The molecule has 41 valence electrons. The van der Waals surface area contributed by atoms with Crippen molar-refractivity contribution >= 4 is 5.97 Å². The first kappa shape index (κ1) is 6.43. The van der Waals surface area contributed by atoms with E-state index in [9.17, 15) is 4.79 Å². The Balaban J connectivity index is 3.13. The Labute approximate surface area is 41.9 Å². The largest absolute Gasteiger partial charge is 0.426 e. The molecule has 3 heteroatoms. The molecule has 1 radical (unpaired) electrons. The van der Waals surface area contributed by atoms with Crippen LogP contribution in [0.15, 0.2) is 0 Å². The van der Waals surface area contributed by atoms with E-state index < -0.39 is 5.97 Å². The van der Waals surface area contributed by atoms with Gasteiger partial charge >= 0.3 is 5.97 Å². The summed E-state index contributed by atoms with van der Waals surface area (Å²) < 4.78 is 4.08. The molecule has 0 aliphatic carbocycles. The number of rotatable bonds is 1. The monoisotopic (exact) mass is 103 g/mol. The topological polar surface area (TPSA) is 46.5 Å². The van der Waals surface area contributed by atoms with Crippen molar-refractivity contribution in [1.29, 1.82) is 0 Å². The molecule has 0 saturated heterocycles. The van der Waals surface area contributed by atoms with Crippen molar-refractivity contribution in [3.63, 3.8) is 0 Å². The average molecular weight is 103 g/mol. The Morgan fingerprint density at radius 1 is 1.57 bits per heavy atom. The van der Waals surface area contributed by atoms with Gasteiger partial charge < -0.3 is 9.84 Å². The van der Waals surface area contributed by atoms with E-state index in [0.29, 0.717) is 0 Å². The van der Waals surface area contributed by atoms with E-state index >= 15 is 0 Å². The van der Waals surface area contributed by atoms with Gasteiger partial charge in [0, 0.05) is 13.8 Å². The lowest BCUT2D eigenvalue weighted by atomic mass is 10.7. The molecule has 7 heavy (non-hydrogen) atoms. The second-order valence-electron chi connectivity index (χ2n) is 1.11. The Bertz CT molecular complexity index is 67.3. The third-order valence-corrected chi connectivity index (χ3v) is 0.291. The van der Waals surface area contributed by atoms with Crippen LogP contribution in [-0.2, 0) is 9.53 Å². The van der Waals surface area contributed by atoms with Crippen LogP contribution in [0.4, 0.5) is 0 Å². The third kappa shape index (κ3) is 5.43. The fraction of sp³-hybridized carbons (Fsp3) is 0.500. The number of hydrogen-bond donors (Lipinski definition) is 1. The molecule has 0 saturated carbocycles. The molecule has 0 aliphatic heterocycles. The van der Waals surface area contributed by atoms with Crippen molar-refractivity contribution in [3.8, 4) is 0 Å². The minimum atomic E-state index is -0.500. The number of hydrogen-bond acceptors (Lipinski definition) is 3. The predicted molar refractivity (Wildman–Crippen MR) is 22.6 cm³/mol. The van der Waals surface area contributed by atoms with Crippen LogP contribution < -0.4 is 0 Å². The quantitative estimate of drug-likeness (QED) is 0.489. The number of carbonyl (C=O) groups excluding carboxylic acids is 1. The van der Waals surface area contributed by atoms with Crippen LogP contribution >= 0.6 is 0 Å².